The van der Waals surface area contributed by atoms with Gasteiger partial charge in [0.15, 0.2) is 6.61 Å². The molecule has 2 aromatic rings. The number of para-hydroxylation sites is 1. The summed E-state index contributed by atoms with van der Waals surface area (Å²) in [4.78, 5) is 50.8. The summed E-state index contributed by atoms with van der Waals surface area (Å²) in [6, 6.07) is 13.4. The molecule has 2 aliphatic rings. The van der Waals surface area contributed by atoms with Crippen molar-refractivity contribution in [2.75, 3.05) is 16.8 Å². The van der Waals surface area contributed by atoms with E-state index in [-0.39, 0.29) is 29.2 Å². The maximum Gasteiger partial charge on any atom is 0.338 e. The van der Waals surface area contributed by atoms with E-state index in [0.717, 1.165) is 5.56 Å². The highest BCUT2D eigenvalue weighted by atomic mass is 16.5. The Morgan fingerprint density at radius 3 is 2.19 bits per heavy atom. The van der Waals surface area contributed by atoms with Crippen molar-refractivity contribution >= 4 is 35.1 Å². The van der Waals surface area contributed by atoms with Gasteiger partial charge in [-0.2, -0.15) is 0 Å². The van der Waals surface area contributed by atoms with Crippen molar-refractivity contribution in [1.29, 1.82) is 0 Å². The first-order valence-electron chi connectivity index (χ1n) is 10.1. The van der Waals surface area contributed by atoms with Gasteiger partial charge in [0.2, 0.25) is 11.8 Å². The summed E-state index contributed by atoms with van der Waals surface area (Å²) >= 11 is 0. The highest BCUT2D eigenvalue weighted by Crippen LogP contribution is 2.37. The highest BCUT2D eigenvalue weighted by Gasteiger charge is 2.47. The molecule has 2 aromatic carbocycles. The van der Waals surface area contributed by atoms with Crippen LogP contribution in [0.5, 0.6) is 0 Å². The van der Waals surface area contributed by atoms with E-state index in [1.165, 1.54) is 17.0 Å². The first kappa shape index (κ1) is 20.5. The van der Waals surface area contributed by atoms with Gasteiger partial charge in [-0.25, -0.2) is 4.79 Å². The summed E-state index contributed by atoms with van der Waals surface area (Å²) in [5.74, 6) is -2.14. The molecule has 3 amide bonds. The summed E-state index contributed by atoms with van der Waals surface area (Å²) in [5.41, 5.74) is 2.21. The Balaban J connectivity index is 1.36. The van der Waals surface area contributed by atoms with E-state index >= 15 is 0 Å². The summed E-state index contributed by atoms with van der Waals surface area (Å²) in [6.45, 7) is 1.44. The molecular formula is C24H22N2O5. The first-order chi connectivity index (χ1) is 15.0. The summed E-state index contributed by atoms with van der Waals surface area (Å²) in [6.07, 6.45) is 5.01. The molecule has 0 bridgehead atoms. The second kappa shape index (κ2) is 8.55. The van der Waals surface area contributed by atoms with Gasteiger partial charge in [-0.1, -0.05) is 30.4 Å². The smallest absolute Gasteiger partial charge is 0.338 e. The van der Waals surface area contributed by atoms with E-state index in [4.69, 9.17) is 4.74 Å². The number of benzene rings is 2. The molecule has 1 aliphatic heterocycles. The van der Waals surface area contributed by atoms with Crippen molar-refractivity contribution in [2.45, 2.75) is 19.8 Å². The molecule has 0 unspecified atom stereocenters. The lowest BCUT2D eigenvalue weighted by Crippen LogP contribution is -2.30. The van der Waals surface area contributed by atoms with Crippen LogP contribution in [0.3, 0.4) is 0 Å². The van der Waals surface area contributed by atoms with E-state index in [2.05, 4.69) is 5.32 Å². The zero-order valence-corrected chi connectivity index (χ0v) is 17.0. The predicted octanol–water partition coefficient (Wildman–Crippen LogP) is 3.25. The number of esters is 1. The van der Waals surface area contributed by atoms with Crippen LogP contribution in [0.15, 0.2) is 60.7 Å². The quantitative estimate of drug-likeness (QED) is 0.457. The minimum Gasteiger partial charge on any atom is -0.452 e. The van der Waals surface area contributed by atoms with Crippen LogP contribution in [0.2, 0.25) is 0 Å². The predicted molar refractivity (Wildman–Crippen MR) is 114 cm³/mol. The van der Waals surface area contributed by atoms with Crippen LogP contribution in [0.4, 0.5) is 11.4 Å². The number of aryl methyl sites for hydroxylation is 1. The van der Waals surface area contributed by atoms with Gasteiger partial charge in [0.1, 0.15) is 0 Å². The van der Waals surface area contributed by atoms with Crippen molar-refractivity contribution in [3.05, 3.63) is 71.8 Å². The Bertz CT molecular complexity index is 1050. The van der Waals surface area contributed by atoms with Crippen LogP contribution in [-0.2, 0) is 19.1 Å². The SMILES string of the molecule is Cc1ccccc1NC(=O)COC(=O)c1ccc(N2C(=O)[C@@H]3CC=CC[C@H]3C2=O)cc1. The monoisotopic (exact) mass is 418 g/mol. The normalized spacial score (nSPS) is 19.8. The van der Waals surface area contributed by atoms with Gasteiger partial charge >= 0.3 is 5.97 Å². The van der Waals surface area contributed by atoms with Crippen LogP contribution in [0.25, 0.3) is 0 Å². The third-order valence-corrected chi connectivity index (χ3v) is 5.62. The maximum absolute atomic E-state index is 12.7. The van der Waals surface area contributed by atoms with Gasteiger partial charge in [0, 0.05) is 5.69 Å². The number of anilines is 2. The van der Waals surface area contributed by atoms with Gasteiger partial charge in [-0.05, 0) is 55.7 Å². The van der Waals surface area contributed by atoms with E-state index in [1.807, 2.05) is 31.2 Å². The first-order valence-corrected chi connectivity index (χ1v) is 10.1. The number of nitrogens with zero attached hydrogens (tertiary/aromatic N) is 1. The average Bonchev–Trinajstić information content (AvgIpc) is 3.04. The molecule has 4 rings (SSSR count). The lowest BCUT2D eigenvalue weighted by atomic mass is 9.85. The summed E-state index contributed by atoms with van der Waals surface area (Å²) in [7, 11) is 0. The highest BCUT2D eigenvalue weighted by molar-refractivity contribution is 6.22. The second-order valence-electron chi connectivity index (χ2n) is 7.65. The second-order valence-corrected chi connectivity index (χ2v) is 7.65. The molecule has 7 heteroatoms. The standard InChI is InChI=1S/C24H22N2O5/c1-15-6-2-5-9-20(15)25-21(27)14-31-24(30)16-10-12-17(13-11-16)26-22(28)18-7-3-4-8-19(18)23(26)29/h2-6,9-13,18-19H,7-8,14H2,1H3,(H,25,27)/t18-,19-/m1/s1. The molecule has 1 saturated heterocycles. The van der Waals surface area contributed by atoms with Crippen molar-refractivity contribution in [3.8, 4) is 0 Å². The number of amides is 3. The van der Waals surface area contributed by atoms with Crippen LogP contribution < -0.4 is 10.2 Å². The van der Waals surface area contributed by atoms with Crippen molar-refractivity contribution in [2.24, 2.45) is 11.8 Å². The van der Waals surface area contributed by atoms with E-state index in [1.54, 1.807) is 24.3 Å². The van der Waals surface area contributed by atoms with Crippen LogP contribution in [-0.4, -0.2) is 30.3 Å². The third-order valence-electron chi connectivity index (χ3n) is 5.62. The van der Waals surface area contributed by atoms with Crippen LogP contribution in [0, 0.1) is 18.8 Å². The van der Waals surface area contributed by atoms with Crippen molar-refractivity contribution in [1.82, 2.24) is 0 Å². The Morgan fingerprint density at radius 2 is 1.58 bits per heavy atom. The fourth-order valence-electron chi connectivity index (χ4n) is 3.92. The largest absolute Gasteiger partial charge is 0.452 e. The number of hydrogen-bond donors (Lipinski definition) is 1. The van der Waals surface area contributed by atoms with Gasteiger partial charge in [-0.3, -0.25) is 19.3 Å². The van der Waals surface area contributed by atoms with Crippen LogP contribution >= 0.6 is 0 Å². The fraction of sp³-hybridized carbons (Fsp3) is 0.250. The van der Waals surface area contributed by atoms with Crippen molar-refractivity contribution < 1.29 is 23.9 Å². The number of carbonyl (C=O) groups is 4. The lowest BCUT2D eigenvalue weighted by Gasteiger charge is -2.15. The molecule has 7 nitrogen and oxygen atoms in total. The third kappa shape index (κ3) is 4.12. The molecule has 0 radical (unpaired) electrons. The number of rotatable bonds is 5. The molecule has 1 heterocycles. The molecule has 0 spiro atoms. The minimum absolute atomic E-state index is 0.206. The summed E-state index contributed by atoms with van der Waals surface area (Å²) < 4.78 is 5.08. The fourth-order valence-corrected chi connectivity index (χ4v) is 3.92. The Morgan fingerprint density at radius 1 is 0.968 bits per heavy atom. The zero-order chi connectivity index (χ0) is 22.0. The Kier molecular flexibility index (Phi) is 5.66. The van der Waals surface area contributed by atoms with Crippen LogP contribution in [0.1, 0.15) is 28.8 Å². The Labute approximate surface area is 179 Å². The van der Waals surface area contributed by atoms with Gasteiger partial charge in [0.05, 0.1) is 23.1 Å². The van der Waals surface area contributed by atoms with Gasteiger partial charge in [0.25, 0.3) is 5.91 Å². The minimum atomic E-state index is -0.663. The summed E-state index contributed by atoms with van der Waals surface area (Å²) in [5, 5.41) is 2.69. The molecule has 0 aromatic heterocycles. The van der Waals surface area contributed by atoms with Gasteiger partial charge in [-0.15, -0.1) is 0 Å². The number of allylic oxidation sites excluding steroid dienone is 2. The zero-order valence-electron chi connectivity index (χ0n) is 17.0. The molecular weight excluding hydrogens is 396 g/mol. The topological polar surface area (TPSA) is 92.8 Å². The van der Waals surface area contributed by atoms with Gasteiger partial charge < -0.3 is 10.1 Å². The Hall–Kier alpha value is -3.74. The van der Waals surface area contributed by atoms with E-state index in [9.17, 15) is 19.2 Å². The molecule has 2 atom stereocenters. The number of carbonyl (C=O) groups excluding carboxylic acids is 4. The molecule has 1 fully saturated rings. The average molecular weight is 418 g/mol. The molecule has 1 N–H and O–H groups in total. The number of imide groups is 1. The van der Waals surface area contributed by atoms with E-state index < -0.39 is 18.5 Å². The number of nitrogens with one attached hydrogen (secondary N) is 1. The maximum atomic E-state index is 12.7. The molecule has 158 valence electrons. The van der Waals surface area contributed by atoms with Crippen molar-refractivity contribution in [3.63, 3.8) is 0 Å². The lowest BCUT2D eigenvalue weighted by molar-refractivity contribution is -0.122. The molecule has 0 saturated carbocycles. The van der Waals surface area contributed by atoms with E-state index in [0.29, 0.717) is 24.2 Å². The number of ether oxygens (including phenoxy) is 1. The molecule has 1 aliphatic carbocycles. The number of fused-ring (bicyclic) bond motifs is 1. The number of hydrogen-bond acceptors (Lipinski definition) is 5. The molecule has 31 heavy (non-hydrogen) atoms.